The number of likely N-dealkylation sites (N-methyl/N-ethyl adjacent to an activating group) is 1. The van der Waals surface area contributed by atoms with Crippen LogP contribution in [0.5, 0.6) is 11.5 Å². The molecule has 0 aliphatic carbocycles. The monoisotopic (exact) mass is 397 g/mol. The Kier molecular flexibility index (Phi) is 5.45. The lowest BCUT2D eigenvalue weighted by molar-refractivity contribution is -0.143. The van der Waals surface area contributed by atoms with Crippen LogP contribution in [0, 0.1) is 13.8 Å². The first kappa shape index (κ1) is 20.2. The highest BCUT2D eigenvalue weighted by Gasteiger charge is 2.35. The van der Waals surface area contributed by atoms with Crippen molar-refractivity contribution in [2.24, 2.45) is 0 Å². The van der Waals surface area contributed by atoms with Crippen molar-refractivity contribution in [2.75, 3.05) is 25.2 Å². The molecule has 8 nitrogen and oxygen atoms in total. The Morgan fingerprint density at radius 3 is 2.41 bits per heavy atom. The summed E-state index contributed by atoms with van der Waals surface area (Å²) in [7, 11) is 2.69. The Hall–Kier alpha value is -3.55. The number of nitrogen functional groups attached to an aromatic ring is 1. The Morgan fingerprint density at radius 1 is 1.14 bits per heavy atom. The summed E-state index contributed by atoms with van der Waals surface area (Å²) < 4.78 is 10.5. The second kappa shape index (κ2) is 7.83. The van der Waals surface area contributed by atoms with Crippen molar-refractivity contribution in [3.63, 3.8) is 0 Å². The topological polar surface area (TPSA) is 111 Å². The number of ether oxygens (including phenoxy) is 2. The SMILES string of the molecule is COC(=O)CC1C(=O)Nc2cc(N)c(Oc3cc(C)cc(C)c3)cc2C(=O)N1C. The molecule has 1 atom stereocenters. The van der Waals surface area contributed by atoms with Gasteiger partial charge in [0.1, 0.15) is 11.8 Å². The summed E-state index contributed by atoms with van der Waals surface area (Å²) in [5.74, 6) is -0.619. The van der Waals surface area contributed by atoms with Crippen molar-refractivity contribution < 1.29 is 23.9 Å². The van der Waals surface area contributed by atoms with Crippen molar-refractivity contribution in [3.8, 4) is 11.5 Å². The molecule has 0 saturated carbocycles. The second-order valence-electron chi connectivity index (χ2n) is 7.06. The molecule has 1 heterocycles. The van der Waals surface area contributed by atoms with Gasteiger partial charge in [-0.3, -0.25) is 14.4 Å². The number of fused-ring (bicyclic) bond motifs is 1. The van der Waals surface area contributed by atoms with E-state index in [0.717, 1.165) is 11.1 Å². The van der Waals surface area contributed by atoms with Crippen molar-refractivity contribution in [1.82, 2.24) is 4.90 Å². The number of methoxy groups -OCH3 is 1. The van der Waals surface area contributed by atoms with Gasteiger partial charge in [-0.05, 0) is 49.2 Å². The summed E-state index contributed by atoms with van der Waals surface area (Å²) in [5, 5.41) is 2.67. The molecule has 29 heavy (non-hydrogen) atoms. The molecule has 1 aliphatic heterocycles. The van der Waals surface area contributed by atoms with Crippen LogP contribution in [0.25, 0.3) is 0 Å². The van der Waals surface area contributed by atoms with Crippen molar-refractivity contribution >= 4 is 29.2 Å². The van der Waals surface area contributed by atoms with Gasteiger partial charge in [0, 0.05) is 7.05 Å². The van der Waals surface area contributed by atoms with E-state index >= 15 is 0 Å². The number of amides is 2. The average Bonchev–Trinajstić information content (AvgIpc) is 2.72. The number of nitrogens with one attached hydrogen (secondary N) is 1. The van der Waals surface area contributed by atoms with Crippen LogP contribution in [0.3, 0.4) is 0 Å². The van der Waals surface area contributed by atoms with Crippen LogP contribution in [-0.4, -0.2) is 42.9 Å². The molecule has 0 fully saturated rings. The van der Waals surface area contributed by atoms with Crippen LogP contribution in [0.15, 0.2) is 30.3 Å². The summed E-state index contributed by atoms with van der Waals surface area (Å²) in [6.45, 7) is 3.91. The third-order valence-electron chi connectivity index (χ3n) is 4.74. The maximum atomic E-state index is 13.0. The largest absolute Gasteiger partial charge is 0.469 e. The molecule has 1 unspecified atom stereocenters. The van der Waals surface area contributed by atoms with Crippen LogP contribution >= 0.6 is 0 Å². The molecule has 0 aromatic heterocycles. The van der Waals surface area contributed by atoms with Gasteiger partial charge in [0.15, 0.2) is 5.75 Å². The van der Waals surface area contributed by atoms with Crippen molar-refractivity contribution in [1.29, 1.82) is 0 Å². The fourth-order valence-corrected chi connectivity index (χ4v) is 3.28. The predicted octanol–water partition coefficient (Wildman–Crippen LogP) is 2.63. The molecular formula is C21H23N3O5. The lowest BCUT2D eigenvalue weighted by Crippen LogP contribution is -2.44. The zero-order valence-corrected chi connectivity index (χ0v) is 16.7. The van der Waals surface area contributed by atoms with E-state index in [1.165, 1.54) is 31.2 Å². The Labute approximate surface area is 168 Å². The first-order chi connectivity index (χ1) is 13.7. The molecule has 1 aliphatic rings. The smallest absolute Gasteiger partial charge is 0.308 e. The fourth-order valence-electron chi connectivity index (χ4n) is 3.28. The number of hydrogen-bond acceptors (Lipinski definition) is 6. The highest BCUT2D eigenvalue weighted by atomic mass is 16.5. The van der Waals surface area contributed by atoms with Gasteiger partial charge in [0.05, 0.1) is 30.5 Å². The standard InChI is InChI=1S/C21H23N3O5/c1-11-5-12(2)7-13(6-11)29-18-8-14-16(9-15(18)22)23-20(26)17(10-19(25)28-4)24(3)21(14)27/h5-9,17H,10,22H2,1-4H3,(H,23,26). The van der Waals surface area contributed by atoms with Crippen LogP contribution in [0.1, 0.15) is 27.9 Å². The molecule has 8 heteroatoms. The van der Waals surface area contributed by atoms with E-state index in [9.17, 15) is 14.4 Å². The summed E-state index contributed by atoms with van der Waals surface area (Å²) in [4.78, 5) is 38.4. The number of nitrogens with two attached hydrogens (primary N) is 1. The van der Waals surface area contributed by atoms with Gasteiger partial charge < -0.3 is 25.4 Å². The van der Waals surface area contributed by atoms with Gasteiger partial charge in [-0.15, -0.1) is 0 Å². The molecule has 0 spiro atoms. The molecular weight excluding hydrogens is 374 g/mol. The van der Waals surface area contributed by atoms with E-state index in [1.807, 2.05) is 32.0 Å². The summed E-state index contributed by atoms with van der Waals surface area (Å²) in [5.41, 5.74) is 8.93. The predicted molar refractivity (Wildman–Crippen MR) is 108 cm³/mol. The maximum absolute atomic E-state index is 13.0. The fraction of sp³-hybridized carbons (Fsp3) is 0.286. The first-order valence-corrected chi connectivity index (χ1v) is 9.04. The van der Waals surface area contributed by atoms with Crippen LogP contribution in [0.2, 0.25) is 0 Å². The number of benzene rings is 2. The van der Waals surface area contributed by atoms with E-state index in [-0.39, 0.29) is 23.4 Å². The van der Waals surface area contributed by atoms with E-state index in [2.05, 4.69) is 10.1 Å². The Balaban J connectivity index is 1.97. The molecule has 3 rings (SSSR count). The Bertz CT molecular complexity index is 982. The van der Waals surface area contributed by atoms with E-state index in [1.54, 1.807) is 0 Å². The molecule has 152 valence electrons. The van der Waals surface area contributed by atoms with Gasteiger partial charge in [-0.25, -0.2) is 0 Å². The molecule has 2 amide bonds. The van der Waals surface area contributed by atoms with Gasteiger partial charge in [0.25, 0.3) is 5.91 Å². The number of carbonyl (C=O) groups is 3. The number of esters is 1. The minimum atomic E-state index is -0.993. The van der Waals surface area contributed by atoms with Gasteiger partial charge >= 0.3 is 5.97 Å². The highest BCUT2D eigenvalue weighted by Crippen LogP contribution is 2.35. The molecule has 2 aromatic rings. The number of anilines is 2. The lowest BCUT2D eigenvalue weighted by atomic mass is 10.1. The summed E-state index contributed by atoms with van der Waals surface area (Å²) >= 11 is 0. The molecule has 0 radical (unpaired) electrons. The average molecular weight is 397 g/mol. The first-order valence-electron chi connectivity index (χ1n) is 9.04. The van der Waals surface area contributed by atoms with E-state index in [0.29, 0.717) is 11.5 Å². The zero-order valence-electron chi connectivity index (χ0n) is 16.7. The van der Waals surface area contributed by atoms with E-state index in [4.69, 9.17) is 10.5 Å². The van der Waals surface area contributed by atoms with Gasteiger partial charge in [0.2, 0.25) is 5.91 Å². The summed E-state index contributed by atoms with van der Waals surface area (Å²) in [6.07, 6.45) is -0.250. The van der Waals surface area contributed by atoms with Crippen molar-refractivity contribution in [3.05, 3.63) is 47.0 Å². The molecule has 2 aromatic carbocycles. The minimum absolute atomic E-state index is 0.224. The molecule has 3 N–H and O–H groups in total. The normalized spacial score (nSPS) is 16.0. The summed E-state index contributed by atoms with van der Waals surface area (Å²) in [6, 6.07) is 7.73. The lowest BCUT2D eigenvalue weighted by Gasteiger charge is -2.23. The maximum Gasteiger partial charge on any atom is 0.308 e. The number of hydrogen-bond donors (Lipinski definition) is 2. The number of nitrogens with zero attached hydrogens (tertiary/aromatic N) is 1. The van der Waals surface area contributed by atoms with E-state index < -0.39 is 23.8 Å². The second-order valence-corrected chi connectivity index (χ2v) is 7.06. The van der Waals surface area contributed by atoms with Gasteiger partial charge in [-0.2, -0.15) is 0 Å². The highest BCUT2D eigenvalue weighted by molar-refractivity contribution is 6.11. The molecule has 0 saturated heterocycles. The van der Waals surface area contributed by atoms with Crippen molar-refractivity contribution in [2.45, 2.75) is 26.3 Å². The third-order valence-corrected chi connectivity index (χ3v) is 4.74. The number of aryl methyl sites for hydroxylation is 2. The van der Waals surface area contributed by atoms with Crippen LogP contribution < -0.4 is 15.8 Å². The van der Waals surface area contributed by atoms with Crippen LogP contribution in [-0.2, 0) is 14.3 Å². The third kappa shape index (κ3) is 4.16. The number of rotatable bonds is 4. The zero-order chi connectivity index (χ0) is 21.3. The molecule has 0 bridgehead atoms. The van der Waals surface area contributed by atoms with Crippen LogP contribution in [0.4, 0.5) is 11.4 Å². The Morgan fingerprint density at radius 2 is 1.79 bits per heavy atom. The van der Waals surface area contributed by atoms with Gasteiger partial charge in [-0.1, -0.05) is 6.07 Å². The quantitative estimate of drug-likeness (QED) is 0.606. The number of carbonyl (C=O) groups excluding carboxylic acids is 3. The minimum Gasteiger partial charge on any atom is -0.469 e.